The third-order valence-electron chi connectivity index (χ3n) is 6.37. The maximum Gasteiger partial charge on any atom is 0.113 e. The minimum Gasteiger partial charge on any atom is -0.309 e. The number of nitrogens with zero attached hydrogens (tertiary/aromatic N) is 1. The van der Waals surface area contributed by atoms with E-state index in [1.54, 1.807) is 0 Å². The molecule has 0 saturated carbocycles. The highest BCUT2D eigenvalue weighted by molar-refractivity contribution is 6.67. The van der Waals surface area contributed by atoms with Crippen LogP contribution in [0.2, 0.25) is 5.02 Å². The van der Waals surface area contributed by atoms with Crippen LogP contribution in [0, 0.1) is 0 Å². The Kier molecular flexibility index (Phi) is 5.55. The summed E-state index contributed by atoms with van der Waals surface area (Å²) in [7, 11) is 31.1. The molecule has 1 heterocycles. The largest absolute Gasteiger partial charge is 0.309 e. The first-order valence-electron chi connectivity index (χ1n) is 9.90. The number of benzene rings is 2. The molecule has 0 unspecified atom stereocenters. The van der Waals surface area contributed by atoms with Gasteiger partial charge in [0.1, 0.15) is 39.2 Å². The second-order valence-corrected chi connectivity index (χ2v) is 9.28. The molecule has 2 aromatic carbocycles. The van der Waals surface area contributed by atoms with Gasteiger partial charge in [0.2, 0.25) is 0 Å². The maximum atomic E-state index is 6.40. The summed E-state index contributed by atoms with van der Waals surface area (Å²) >= 11 is 6.37. The molecule has 1 fully saturated rings. The fourth-order valence-corrected chi connectivity index (χ4v) is 5.12. The van der Waals surface area contributed by atoms with Crippen LogP contribution in [0.4, 0.5) is 0 Å². The lowest BCUT2D eigenvalue weighted by molar-refractivity contribution is 0.107. The second kappa shape index (κ2) is 7.59. The van der Waals surface area contributed by atoms with Gasteiger partial charge in [0.15, 0.2) is 0 Å². The predicted octanol–water partition coefficient (Wildman–Crippen LogP) is -1.43. The van der Waals surface area contributed by atoms with Crippen molar-refractivity contribution in [2.45, 2.75) is 37.8 Å². The molecule has 29 heavy (non-hydrogen) atoms. The third-order valence-corrected chi connectivity index (χ3v) is 6.61. The van der Waals surface area contributed by atoms with E-state index >= 15 is 0 Å². The first kappa shape index (κ1) is 21.2. The van der Waals surface area contributed by atoms with Gasteiger partial charge in [-0.2, -0.15) is 0 Å². The summed E-state index contributed by atoms with van der Waals surface area (Å²) in [4.78, 5) is 2.52. The fraction of sp³-hybridized carbons (Fsp3) is 0.429. The van der Waals surface area contributed by atoms with Crippen molar-refractivity contribution in [1.82, 2.24) is 10.2 Å². The highest BCUT2D eigenvalue weighted by Gasteiger charge is 2.39. The number of nitrogens with one attached hydrogen (secondary N) is 1. The Balaban J connectivity index is 1.82. The van der Waals surface area contributed by atoms with Gasteiger partial charge in [0.25, 0.3) is 0 Å². The molecular formula is C21H20B5ClN2. The average molecular weight is 390 g/mol. The van der Waals surface area contributed by atoms with E-state index in [1.807, 2.05) is 6.07 Å². The zero-order chi connectivity index (χ0) is 21.1. The molecule has 2 aromatic rings. The molecule has 1 N–H and O–H groups in total. The Morgan fingerprint density at radius 1 is 0.966 bits per heavy atom. The number of rotatable bonds is 2. The van der Waals surface area contributed by atoms with Crippen molar-refractivity contribution in [2.75, 3.05) is 19.6 Å². The minimum absolute atomic E-state index is 0.0181. The van der Waals surface area contributed by atoms with Gasteiger partial charge in [-0.15, -0.1) is 27.3 Å². The summed E-state index contributed by atoms with van der Waals surface area (Å²) in [6, 6.07) is 6.26. The lowest BCUT2D eigenvalue weighted by Crippen LogP contribution is -2.57. The van der Waals surface area contributed by atoms with Gasteiger partial charge in [-0.1, -0.05) is 23.2 Å². The monoisotopic (exact) mass is 390 g/mol. The summed E-state index contributed by atoms with van der Waals surface area (Å²) in [5.41, 5.74) is 4.88. The molecule has 1 aliphatic carbocycles. The molecule has 4 rings (SSSR count). The predicted molar refractivity (Wildman–Crippen MR) is 128 cm³/mol. The Morgan fingerprint density at radius 2 is 1.59 bits per heavy atom. The van der Waals surface area contributed by atoms with Gasteiger partial charge in [-0.05, 0) is 43.5 Å². The average Bonchev–Trinajstić information content (AvgIpc) is 3.02. The van der Waals surface area contributed by atoms with Crippen molar-refractivity contribution < 1.29 is 0 Å². The number of fused-ring (bicyclic) bond motifs is 1. The number of halogens is 1. The van der Waals surface area contributed by atoms with Crippen LogP contribution in [0.5, 0.6) is 0 Å². The van der Waals surface area contributed by atoms with E-state index in [4.69, 9.17) is 50.8 Å². The molecule has 136 valence electrons. The molecule has 0 spiro atoms. The number of piperazine rings is 1. The van der Waals surface area contributed by atoms with E-state index in [-0.39, 0.29) is 23.0 Å². The van der Waals surface area contributed by atoms with Crippen molar-refractivity contribution in [3.05, 3.63) is 39.9 Å². The van der Waals surface area contributed by atoms with Crippen LogP contribution in [0.25, 0.3) is 0 Å². The lowest BCUT2D eigenvalue weighted by atomic mass is 9.58. The lowest BCUT2D eigenvalue weighted by Gasteiger charge is -2.42. The normalized spacial score (nSPS) is 23.8. The van der Waals surface area contributed by atoms with E-state index < -0.39 is 0 Å². The molecule has 10 radical (unpaired) electrons. The molecule has 0 bridgehead atoms. The Hall–Kier alpha value is -1.03. The van der Waals surface area contributed by atoms with Gasteiger partial charge >= 0.3 is 0 Å². The van der Waals surface area contributed by atoms with E-state index in [9.17, 15) is 0 Å². The van der Waals surface area contributed by atoms with Gasteiger partial charge < -0.3 is 5.32 Å². The van der Waals surface area contributed by atoms with Crippen LogP contribution in [-0.4, -0.2) is 69.3 Å². The van der Waals surface area contributed by atoms with Crippen LogP contribution in [0.15, 0.2) is 18.2 Å². The third kappa shape index (κ3) is 3.64. The van der Waals surface area contributed by atoms with Crippen molar-refractivity contribution in [1.29, 1.82) is 0 Å². The van der Waals surface area contributed by atoms with Crippen LogP contribution in [-0.2, 0) is 0 Å². The molecule has 8 heteroatoms. The quantitative estimate of drug-likeness (QED) is 0.634. The van der Waals surface area contributed by atoms with Gasteiger partial charge in [0, 0.05) is 42.2 Å². The van der Waals surface area contributed by atoms with Crippen LogP contribution in [0.1, 0.15) is 48.9 Å². The zero-order valence-electron chi connectivity index (χ0n) is 16.9. The smallest absolute Gasteiger partial charge is 0.113 e. The first-order chi connectivity index (χ1) is 13.6. The molecule has 0 aromatic heterocycles. The molecule has 2 nitrogen and oxygen atoms in total. The van der Waals surface area contributed by atoms with E-state index in [0.717, 1.165) is 42.2 Å². The van der Waals surface area contributed by atoms with Crippen molar-refractivity contribution in [2.24, 2.45) is 0 Å². The SMILES string of the molecule is [B]c1c([B])c([B])c([C@H]2C[C@H](N3CCNC(C)(C)C3)c3cc(Cl)ccc32)c([B])c1[B]. The molecule has 2 aliphatic rings. The Morgan fingerprint density at radius 3 is 2.21 bits per heavy atom. The Bertz CT molecular complexity index is 949. The second-order valence-electron chi connectivity index (χ2n) is 8.84. The standard InChI is InChI=1S/C21H20B5ClN2/c1-21(2)9-29(6-5-28-21)14-8-13(11-4-3-10(27)7-12(11)14)15-16(22)18(24)20(26)19(25)17(15)23/h3-4,7,13-14,28H,5-6,8-9H2,1-2H3/t13-,14-/m0/s1. The molecule has 0 amide bonds. The van der Waals surface area contributed by atoms with Crippen LogP contribution < -0.4 is 32.6 Å². The highest BCUT2D eigenvalue weighted by Crippen LogP contribution is 2.47. The number of hydrogen-bond acceptors (Lipinski definition) is 2. The zero-order valence-corrected chi connectivity index (χ0v) is 17.7. The Labute approximate surface area is 185 Å². The summed E-state index contributed by atoms with van der Waals surface area (Å²) in [5.74, 6) is -0.0181. The van der Waals surface area contributed by atoms with E-state index in [2.05, 4.69) is 36.2 Å². The van der Waals surface area contributed by atoms with Gasteiger partial charge in [-0.25, -0.2) is 0 Å². The summed E-state index contributed by atoms with van der Waals surface area (Å²) in [5, 5.41) is 4.30. The van der Waals surface area contributed by atoms with Crippen LogP contribution >= 0.6 is 11.6 Å². The maximum absolute atomic E-state index is 6.40. The van der Waals surface area contributed by atoms with Crippen LogP contribution in [0.3, 0.4) is 0 Å². The topological polar surface area (TPSA) is 15.3 Å². The first-order valence-corrected chi connectivity index (χ1v) is 10.3. The highest BCUT2D eigenvalue weighted by atomic mass is 35.5. The molecule has 1 aliphatic heterocycles. The number of hydrogen-bond donors (Lipinski definition) is 1. The van der Waals surface area contributed by atoms with Crippen molar-refractivity contribution in [3.63, 3.8) is 0 Å². The molecule has 2 atom stereocenters. The molecular weight excluding hydrogens is 370 g/mol. The van der Waals surface area contributed by atoms with E-state index in [1.165, 1.54) is 5.56 Å². The van der Waals surface area contributed by atoms with Gasteiger partial charge in [-0.3, -0.25) is 4.90 Å². The van der Waals surface area contributed by atoms with Crippen molar-refractivity contribution >= 4 is 78.1 Å². The summed E-state index contributed by atoms with van der Waals surface area (Å²) in [6.45, 7) is 7.29. The fourth-order valence-electron chi connectivity index (χ4n) is 4.94. The van der Waals surface area contributed by atoms with E-state index in [0.29, 0.717) is 21.9 Å². The van der Waals surface area contributed by atoms with Gasteiger partial charge in [0.05, 0.1) is 0 Å². The summed E-state index contributed by atoms with van der Waals surface area (Å²) in [6.07, 6.45) is 0.836. The minimum atomic E-state index is -0.0181. The van der Waals surface area contributed by atoms with Crippen molar-refractivity contribution in [3.8, 4) is 0 Å². The molecule has 1 saturated heterocycles. The summed E-state index contributed by atoms with van der Waals surface area (Å²) < 4.78 is 0.